The molecule has 0 aliphatic carbocycles. The summed E-state index contributed by atoms with van der Waals surface area (Å²) in [5.41, 5.74) is 5.98. The van der Waals surface area contributed by atoms with Crippen molar-refractivity contribution in [1.29, 1.82) is 0 Å². The molecule has 0 bridgehead atoms. The molecule has 1 aromatic rings. The maximum absolute atomic E-state index is 11.9. The van der Waals surface area contributed by atoms with Gasteiger partial charge in [-0.25, -0.2) is 0 Å². The molecule has 4 nitrogen and oxygen atoms in total. The molecule has 0 aromatic heterocycles. The first-order valence-corrected chi connectivity index (χ1v) is 7.42. The highest BCUT2D eigenvalue weighted by Crippen LogP contribution is 2.16. The monoisotopic (exact) mass is 299 g/mol. The Morgan fingerprint density at radius 3 is 2.29 bits per heavy atom. The third-order valence-corrected chi connectivity index (χ3v) is 3.51. The van der Waals surface area contributed by atoms with E-state index in [0.717, 1.165) is 24.2 Å². The molecule has 0 saturated heterocycles. The number of hydrogen-bond donors (Lipinski definition) is 3. The van der Waals surface area contributed by atoms with Crippen molar-refractivity contribution in [2.24, 2.45) is 5.73 Å². The number of alkyl halides is 1. The van der Waals surface area contributed by atoms with E-state index >= 15 is 0 Å². The minimum absolute atomic E-state index is 0.233. The molecule has 0 fully saturated rings. The minimum atomic E-state index is -0.925. The molecule has 120 valence electrons. The third kappa shape index (κ3) is 6.89. The summed E-state index contributed by atoms with van der Waals surface area (Å²) in [5.74, 6) is 0.794. The van der Waals surface area contributed by atoms with Gasteiger partial charge in [-0.05, 0) is 49.8 Å². The van der Waals surface area contributed by atoms with Gasteiger partial charge in [0.05, 0.1) is 32.0 Å². The number of ether oxygens (including phenoxy) is 1. The Kier molecular flexibility index (Phi) is 8.27. The van der Waals surface area contributed by atoms with E-state index in [-0.39, 0.29) is 19.9 Å². The molecule has 4 N–H and O–H groups in total. The highest BCUT2D eigenvalue weighted by Gasteiger charge is 2.22. The Balaban J connectivity index is 2.33. The fourth-order valence-corrected chi connectivity index (χ4v) is 1.92. The summed E-state index contributed by atoms with van der Waals surface area (Å²) in [4.78, 5) is 0. The second-order valence-corrected chi connectivity index (χ2v) is 5.42. The average molecular weight is 299 g/mol. The van der Waals surface area contributed by atoms with Gasteiger partial charge < -0.3 is 20.7 Å². The Morgan fingerprint density at radius 2 is 1.71 bits per heavy atom. The van der Waals surface area contributed by atoms with E-state index in [9.17, 15) is 4.39 Å². The molecule has 0 atom stereocenters. The van der Waals surface area contributed by atoms with Gasteiger partial charge >= 0.3 is 0 Å². The van der Waals surface area contributed by atoms with Crippen LogP contribution in [0.25, 0.3) is 0 Å². The van der Waals surface area contributed by atoms with Crippen molar-refractivity contribution in [3.05, 3.63) is 29.8 Å². The first-order chi connectivity index (χ1) is 10.1. The zero-order chi connectivity index (χ0) is 15.6. The van der Waals surface area contributed by atoms with Crippen LogP contribution in [0.1, 0.15) is 31.2 Å². The van der Waals surface area contributed by atoms with E-state index in [4.69, 9.17) is 20.7 Å². The number of hydrogen-bond acceptors (Lipinski definition) is 4. The van der Waals surface area contributed by atoms with Crippen LogP contribution in [0, 0.1) is 0 Å². The number of nitrogens with two attached hydrogens (primary N) is 1. The minimum Gasteiger partial charge on any atom is -0.494 e. The lowest BCUT2D eigenvalue weighted by Crippen LogP contribution is -2.47. The van der Waals surface area contributed by atoms with Crippen LogP contribution in [0.4, 0.5) is 4.39 Å². The summed E-state index contributed by atoms with van der Waals surface area (Å²) in [6.45, 7) is -0.132. The van der Waals surface area contributed by atoms with Crippen molar-refractivity contribution in [2.45, 2.75) is 37.6 Å². The number of benzene rings is 1. The van der Waals surface area contributed by atoms with Gasteiger partial charge in [0.1, 0.15) is 5.75 Å². The fourth-order valence-electron chi connectivity index (χ4n) is 1.92. The lowest BCUT2D eigenvalue weighted by molar-refractivity contribution is 0.115. The van der Waals surface area contributed by atoms with Crippen LogP contribution in [-0.2, 0) is 6.42 Å². The van der Waals surface area contributed by atoms with Crippen LogP contribution >= 0.6 is 0 Å². The van der Waals surface area contributed by atoms with Gasteiger partial charge in [0.15, 0.2) is 0 Å². The molecule has 1 aromatic carbocycles. The Morgan fingerprint density at radius 1 is 1.05 bits per heavy atom. The van der Waals surface area contributed by atoms with Crippen molar-refractivity contribution in [2.75, 3.05) is 26.5 Å². The molecule has 0 aliphatic heterocycles. The van der Waals surface area contributed by atoms with Crippen LogP contribution in [0.5, 0.6) is 5.75 Å². The van der Waals surface area contributed by atoms with E-state index in [1.807, 2.05) is 24.3 Å². The second-order valence-electron chi connectivity index (χ2n) is 5.42. The molecule has 0 aliphatic rings. The summed E-state index contributed by atoms with van der Waals surface area (Å²) < 4.78 is 17.5. The average Bonchev–Trinajstić information content (AvgIpc) is 2.53. The highest BCUT2D eigenvalue weighted by molar-refractivity contribution is 5.27. The van der Waals surface area contributed by atoms with Crippen LogP contribution < -0.4 is 10.5 Å². The van der Waals surface area contributed by atoms with Gasteiger partial charge in [0.25, 0.3) is 0 Å². The van der Waals surface area contributed by atoms with Crippen LogP contribution in [0.3, 0.4) is 0 Å². The number of halogens is 1. The number of aliphatic hydroxyl groups excluding tert-OH is 2. The largest absolute Gasteiger partial charge is 0.494 e. The molecule has 21 heavy (non-hydrogen) atoms. The van der Waals surface area contributed by atoms with Gasteiger partial charge in [0.2, 0.25) is 0 Å². The van der Waals surface area contributed by atoms with E-state index in [2.05, 4.69) is 0 Å². The SMILES string of the molecule is NC(CO)(CO)CCc1ccc(OCCCCCF)cc1. The Hall–Kier alpha value is -1.17. The molecule has 0 amide bonds. The molecule has 0 unspecified atom stereocenters. The predicted molar refractivity (Wildman–Crippen MR) is 81.2 cm³/mol. The van der Waals surface area contributed by atoms with Crippen molar-refractivity contribution >= 4 is 0 Å². The summed E-state index contributed by atoms with van der Waals surface area (Å²) in [7, 11) is 0. The zero-order valence-electron chi connectivity index (χ0n) is 12.4. The van der Waals surface area contributed by atoms with Crippen LogP contribution in [0.2, 0.25) is 0 Å². The van der Waals surface area contributed by atoms with Crippen LogP contribution in [0.15, 0.2) is 24.3 Å². The Labute approximate surface area is 125 Å². The summed E-state index contributed by atoms with van der Waals surface area (Å²) in [6.07, 6.45) is 3.50. The quantitative estimate of drug-likeness (QED) is 0.545. The molecule has 1 rings (SSSR count). The number of unbranched alkanes of at least 4 members (excludes halogenated alkanes) is 2. The highest BCUT2D eigenvalue weighted by atomic mass is 19.1. The smallest absolute Gasteiger partial charge is 0.119 e. The normalized spacial score (nSPS) is 11.6. The van der Waals surface area contributed by atoms with Crippen molar-refractivity contribution in [3.8, 4) is 5.75 Å². The van der Waals surface area contributed by atoms with Gasteiger partial charge in [-0.15, -0.1) is 0 Å². The van der Waals surface area contributed by atoms with Gasteiger partial charge in [-0.3, -0.25) is 4.39 Å². The molecule has 0 radical (unpaired) electrons. The number of aryl methyl sites for hydroxylation is 1. The lowest BCUT2D eigenvalue weighted by atomic mass is 9.94. The standard InChI is InChI=1S/C16H26FNO3/c17-10-2-1-3-11-21-15-6-4-14(5-7-15)8-9-16(18,12-19)13-20/h4-7,19-20H,1-3,8-13,18H2. The molecule has 0 spiro atoms. The molecular formula is C16H26FNO3. The maximum atomic E-state index is 11.9. The van der Waals surface area contributed by atoms with E-state index in [1.165, 1.54) is 0 Å². The first-order valence-electron chi connectivity index (χ1n) is 7.42. The van der Waals surface area contributed by atoms with Crippen molar-refractivity contribution in [3.63, 3.8) is 0 Å². The topological polar surface area (TPSA) is 75.7 Å². The Bertz CT molecular complexity index is 380. The second kappa shape index (κ2) is 9.71. The van der Waals surface area contributed by atoms with Crippen LogP contribution in [-0.4, -0.2) is 42.2 Å². The molecular weight excluding hydrogens is 273 g/mol. The first kappa shape index (κ1) is 17.9. The number of rotatable bonds is 11. The van der Waals surface area contributed by atoms with Gasteiger partial charge in [-0.2, -0.15) is 0 Å². The molecule has 0 saturated carbocycles. The lowest BCUT2D eigenvalue weighted by Gasteiger charge is -2.24. The van der Waals surface area contributed by atoms with Gasteiger partial charge in [0, 0.05) is 0 Å². The number of aliphatic hydroxyl groups is 2. The van der Waals surface area contributed by atoms with Crippen molar-refractivity contribution < 1.29 is 19.3 Å². The third-order valence-electron chi connectivity index (χ3n) is 3.51. The van der Waals surface area contributed by atoms with Crippen molar-refractivity contribution in [1.82, 2.24) is 0 Å². The van der Waals surface area contributed by atoms with Gasteiger partial charge in [-0.1, -0.05) is 12.1 Å². The molecule has 0 heterocycles. The summed E-state index contributed by atoms with van der Waals surface area (Å²) in [6, 6.07) is 7.68. The fraction of sp³-hybridized carbons (Fsp3) is 0.625. The molecule has 5 heteroatoms. The van der Waals surface area contributed by atoms with E-state index in [1.54, 1.807) is 0 Å². The predicted octanol–water partition coefficient (Wildman–Crippen LogP) is 1.82. The van der Waals surface area contributed by atoms with E-state index in [0.29, 0.717) is 25.9 Å². The maximum Gasteiger partial charge on any atom is 0.119 e. The summed E-state index contributed by atoms with van der Waals surface area (Å²) >= 11 is 0. The summed E-state index contributed by atoms with van der Waals surface area (Å²) in [5, 5.41) is 18.3. The zero-order valence-corrected chi connectivity index (χ0v) is 12.4. The van der Waals surface area contributed by atoms with E-state index < -0.39 is 5.54 Å².